The minimum atomic E-state index is 0.670. The third kappa shape index (κ3) is 3.87. The summed E-state index contributed by atoms with van der Waals surface area (Å²) in [5, 5.41) is 13.6. The number of aryl methyl sites for hydroxylation is 2. The van der Waals surface area contributed by atoms with Crippen molar-refractivity contribution in [2.75, 3.05) is 36.0 Å². The van der Waals surface area contributed by atoms with E-state index in [2.05, 4.69) is 54.4 Å². The second kappa shape index (κ2) is 8.29. The molecule has 0 spiro atoms. The van der Waals surface area contributed by atoms with E-state index in [-0.39, 0.29) is 0 Å². The van der Waals surface area contributed by atoms with Gasteiger partial charge in [-0.2, -0.15) is 10.2 Å². The van der Waals surface area contributed by atoms with E-state index in [0.717, 1.165) is 65.7 Å². The molecule has 1 fully saturated rings. The van der Waals surface area contributed by atoms with E-state index in [4.69, 9.17) is 5.10 Å². The topological polar surface area (TPSA) is 85.2 Å². The van der Waals surface area contributed by atoms with Gasteiger partial charge in [0.15, 0.2) is 0 Å². The SMILES string of the molecule is Cc1ccc(Cn2cnc(N3CCN(c4cnn5cc(-c6cnn(C)c6)ccc45)CC3)n2)cn1. The lowest BCUT2D eigenvalue weighted by Gasteiger charge is -2.34. The van der Waals surface area contributed by atoms with Gasteiger partial charge in [0.05, 0.1) is 30.1 Å². The fourth-order valence-electron chi connectivity index (χ4n) is 4.39. The maximum atomic E-state index is 4.69. The van der Waals surface area contributed by atoms with Crippen LogP contribution in [-0.2, 0) is 13.6 Å². The first-order valence-corrected chi connectivity index (χ1v) is 11.4. The highest BCUT2D eigenvalue weighted by Gasteiger charge is 2.22. The molecule has 1 aliphatic heterocycles. The Morgan fingerprint density at radius 1 is 0.824 bits per heavy atom. The molecule has 0 aromatic carbocycles. The summed E-state index contributed by atoms with van der Waals surface area (Å²) >= 11 is 0. The standard InChI is InChI=1S/C24H26N10/c1-18-3-4-19(11-25-18)14-33-17-26-24(29-33)32-9-7-31(8-10-32)23-13-28-34-16-20(5-6-22(23)34)21-12-27-30(2)15-21/h3-6,11-13,15-17H,7-10,14H2,1-2H3. The van der Waals surface area contributed by atoms with Crippen LogP contribution in [0.25, 0.3) is 16.6 Å². The van der Waals surface area contributed by atoms with Crippen LogP contribution in [0.5, 0.6) is 0 Å². The summed E-state index contributed by atoms with van der Waals surface area (Å²) in [5.41, 5.74) is 6.58. The molecule has 34 heavy (non-hydrogen) atoms. The molecule has 0 N–H and O–H groups in total. The molecule has 172 valence electrons. The minimum Gasteiger partial charge on any atom is -0.365 e. The van der Waals surface area contributed by atoms with Gasteiger partial charge in [-0.1, -0.05) is 12.1 Å². The smallest absolute Gasteiger partial charge is 0.244 e. The van der Waals surface area contributed by atoms with E-state index in [1.54, 1.807) is 6.33 Å². The summed E-state index contributed by atoms with van der Waals surface area (Å²) in [6, 6.07) is 8.37. The number of fused-ring (bicyclic) bond motifs is 1. The van der Waals surface area contributed by atoms with E-state index in [1.807, 2.05) is 58.7 Å². The average Bonchev–Trinajstić information content (AvgIpc) is 3.60. The van der Waals surface area contributed by atoms with Gasteiger partial charge in [0.25, 0.3) is 0 Å². The van der Waals surface area contributed by atoms with Crippen molar-refractivity contribution in [2.45, 2.75) is 13.5 Å². The molecule has 5 aromatic heterocycles. The third-order valence-electron chi connectivity index (χ3n) is 6.28. The number of anilines is 2. The molecular formula is C24H26N10. The molecule has 6 heterocycles. The number of hydrogen-bond donors (Lipinski definition) is 0. The van der Waals surface area contributed by atoms with Crippen LogP contribution in [0.3, 0.4) is 0 Å². The van der Waals surface area contributed by atoms with Crippen molar-refractivity contribution in [3.05, 3.63) is 72.8 Å². The Bertz CT molecular complexity index is 1420. The predicted molar refractivity (Wildman–Crippen MR) is 130 cm³/mol. The molecular weight excluding hydrogens is 428 g/mol. The molecule has 0 aliphatic carbocycles. The molecule has 5 aromatic rings. The summed E-state index contributed by atoms with van der Waals surface area (Å²) in [7, 11) is 1.93. The first-order valence-electron chi connectivity index (χ1n) is 11.4. The van der Waals surface area contributed by atoms with E-state index in [9.17, 15) is 0 Å². The monoisotopic (exact) mass is 454 g/mol. The highest BCUT2D eigenvalue weighted by molar-refractivity contribution is 5.75. The lowest BCUT2D eigenvalue weighted by molar-refractivity contribution is 0.628. The Balaban J connectivity index is 1.12. The zero-order valence-electron chi connectivity index (χ0n) is 19.3. The van der Waals surface area contributed by atoms with Crippen LogP contribution in [0.15, 0.2) is 61.6 Å². The van der Waals surface area contributed by atoms with Crippen LogP contribution in [0.2, 0.25) is 0 Å². The van der Waals surface area contributed by atoms with Crippen molar-refractivity contribution >= 4 is 17.2 Å². The van der Waals surface area contributed by atoms with Gasteiger partial charge in [-0.15, -0.1) is 5.10 Å². The molecule has 0 amide bonds. The summed E-state index contributed by atoms with van der Waals surface area (Å²) in [6.07, 6.45) is 11.6. The molecule has 1 aliphatic rings. The summed E-state index contributed by atoms with van der Waals surface area (Å²) in [6.45, 7) is 6.17. The van der Waals surface area contributed by atoms with Crippen molar-refractivity contribution in [2.24, 2.45) is 7.05 Å². The van der Waals surface area contributed by atoms with Gasteiger partial charge in [-0.3, -0.25) is 9.67 Å². The van der Waals surface area contributed by atoms with Gasteiger partial charge in [-0.05, 0) is 24.6 Å². The Morgan fingerprint density at radius 3 is 2.44 bits per heavy atom. The summed E-state index contributed by atoms with van der Waals surface area (Å²) in [4.78, 5) is 13.5. The van der Waals surface area contributed by atoms with E-state index < -0.39 is 0 Å². The van der Waals surface area contributed by atoms with Crippen LogP contribution in [0.4, 0.5) is 11.6 Å². The lowest BCUT2D eigenvalue weighted by Crippen LogP contribution is -2.47. The lowest BCUT2D eigenvalue weighted by atomic mass is 10.1. The first kappa shape index (κ1) is 20.4. The second-order valence-electron chi connectivity index (χ2n) is 8.70. The van der Waals surface area contributed by atoms with Gasteiger partial charge >= 0.3 is 0 Å². The van der Waals surface area contributed by atoms with Crippen molar-refractivity contribution in [1.82, 2.24) is 39.1 Å². The predicted octanol–water partition coefficient (Wildman–Crippen LogP) is 2.40. The summed E-state index contributed by atoms with van der Waals surface area (Å²) < 4.78 is 5.64. The zero-order chi connectivity index (χ0) is 23.1. The Labute approximate surface area is 197 Å². The van der Waals surface area contributed by atoms with Gasteiger partial charge in [0.1, 0.15) is 6.33 Å². The Hall–Kier alpha value is -4.21. The molecule has 0 saturated carbocycles. The zero-order valence-corrected chi connectivity index (χ0v) is 19.3. The molecule has 10 heteroatoms. The van der Waals surface area contributed by atoms with Crippen molar-refractivity contribution in [3.8, 4) is 11.1 Å². The van der Waals surface area contributed by atoms with Gasteiger partial charge in [0, 0.05) is 68.6 Å². The molecule has 10 nitrogen and oxygen atoms in total. The Morgan fingerprint density at radius 2 is 1.68 bits per heavy atom. The number of nitrogens with zero attached hydrogens (tertiary/aromatic N) is 10. The molecule has 0 radical (unpaired) electrons. The first-order chi connectivity index (χ1) is 16.6. The van der Waals surface area contributed by atoms with Crippen LogP contribution in [0, 0.1) is 6.92 Å². The molecule has 0 unspecified atom stereocenters. The number of aromatic nitrogens is 8. The van der Waals surface area contributed by atoms with Gasteiger partial charge < -0.3 is 9.80 Å². The maximum Gasteiger partial charge on any atom is 0.244 e. The fraction of sp³-hybridized carbons (Fsp3) is 0.292. The van der Waals surface area contributed by atoms with Gasteiger partial charge in [0.2, 0.25) is 5.95 Å². The van der Waals surface area contributed by atoms with Crippen LogP contribution in [-0.4, -0.2) is 65.3 Å². The van der Waals surface area contributed by atoms with Crippen molar-refractivity contribution < 1.29 is 0 Å². The van der Waals surface area contributed by atoms with Crippen LogP contribution < -0.4 is 9.80 Å². The maximum absolute atomic E-state index is 4.69. The number of piperazine rings is 1. The van der Waals surface area contributed by atoms with E-state index in [1.165, 1.54) is 0 Å². The number of rotatable bonds is 5. The highest BCUT2D eigenvalue weighted by Crippen LogP contribution is 2.26. The largest absolute Gasteiger partial charge is 0.365 e. The van der Waals surface area contributed by atoms with Crippen molar-refractivity contribution in [1.29, 1.82) is 0 Å². The number of pyridine rings is 2. The van der Waals surface area contributed by atoms with E-state index >= 15 is 0 Å². The number of hydrogen-bond acceptors (Lipinski definition) is 7. The van der Waals surface area contributed by atoms with Crippen molar-refractivity contribution in [3.63, 3.8) is 0 Å². The Kier molecular flexibility index (Phi) is 4.97. The normalized spacial score (nSPS) is 14.3. The van der Waals surface area contributed by atoms with Gasteiger partial charge in [-0.25, -0.2) is 14.2 Å². The summed E-state index contributed by atoms with van der Waals surface area (Å²) in [5.74, 6) is 0.778. The van der Waals surface area contributed by atoms with E-state index in [0.29, 0.717) is 6.54 Å². The molecule has 6 rings (SSSR count). The molecule has 0 atom stereocenters. The quantitative estimate of drug-likeness (QED) is 0.403. The third-order valence-corrected chi connectivity index (χ3v) is 6.28. The van der Waals surface area contributed by atoms with Crippen LogP contribution >= 0.6 is 0 Å². The van der Waals surface area contributed by atoms with Crippen LogP contribution in [0.1, 0.15) is 11.3 Å². The fourth-order valence-corrected chi connectivity index (χ4v) is 4.39. The average molecular weight is 455 g/mol. The molecule has 0 bridgehead atoms. The minimum absolute atomic E-state index is 0.670. The molecule has 1 saturated heterocycles. The second-order valence-corrected chi connectivity index (χ2v) is 8.70. The highest BCUT2D eigenvalue weighted by atomic mass is 15.4.